The van der Waals surface area contributed by atoms with Gasteiger partial charge in [0.15, 0.2) is 0 Å². The molecule has 0 bridgehead atoms. The second kappa shape index (κ2) is 4.21. The Labute approximate surface area is 83.4 Å². The number of anilines is 1. The van der Waals surface area contributed by atoms with Crippen molar-refractivity contribution >= 4 is 22.9 Å². The van der Waals surface area contributed by atoms with Crippen LogP contribution in [0.1, 0.15) is 10.4 Å². The molecule has 6 heteroatoms. The average molecular weight is 214 g/mol. The average Bonchev–Trinajstić information content (AvgIpc) is 2.16. The van der Waals surface area contributed by atoms with Crippen LogP contribution in [0.25, 0.3) is 0 Å². The molecule has 0 aliphatic carbocycles. The van der Waals surface area contributed by atoms with Gasteiger partial charge in [0.2, 0.25) is 0 Å². The van der Waals surface area contributed by atoms with Crippen LogP contribution in [0.15, 0.2) is 24.3 Å². The quantitative estimate of drug-likeness (QED) is 0.747. The highest BCUT2D eigenvalue weighted by molar-refractivity contribution is 7.80. The molecule has 0 fully saturated rings. The molecule has 0 aromatic heterocycles. The molecule has 1 atom stereocenters. The Kier molecular flexibility index (Phi) is 3.21. The number of hydrogen-bond acceptors (Lipinski definition) is 3. The molecule has 0 saturated heterocycles. The van der Waals surface area contributed by atoms with Crippen LogP contribution in [0.5, 0.6) is 0 Å². The van der Waals surface area contributed by atoms with Crippen molar-refractivity contribution in [1.82, 2.24) is 0 Å². The summed E-state index contributed by atoms with van der Waals surface area (Å²) in [6, 6.07) is 5.69. The normalized spacial score (nSPS) is 12.1. The molecule has 14 heavy (non-hydrogen) atoms. The maximum atomic E-state index is 10.6. The number of benzene rings is 1. The summed E-state index contributed by atoms with van der Waals surface area (Å²) >= 11 is -2.39. The van der Waals surface area contributed by atoms with Crippen LogP contribution in [-0.2, 0) is 11.3 Å². The Balaban J connectivity index is 3.05. The molecule has 0 heterocycles. The van der Waals surface area contributed by atoms with Crippen molar-refractivity contribution in [2.45, 2.75) is 0 Å². The lowest BCUT2D eigenvalue weighted by molar-refractivity contribution is 0.0697. The highest BCUT2D eigenvalue weighted by Gasteiger charge is 2.05. The number of aromatic carboxylic acids is 1. The molecule has 0 radical (unpaired) electrons. The molecule has 1 N–H and O–H groups in total. The first kappa shape index (κ1) is 10.7. The Morgan fingerprint density at radius 3 is 2.71 bits per heavy atom. The van der Waals surface area contributed by atoms with Crippen LogP contribution in [0.3, 0.4) is 0 Å². The SMILES string of the molecule is CN(c1cccc(C(=O)O)c1)S(=O)[O-]. The molecule has 0 aliphatic rings. The molecule has 1 rings (SSSR count). The maximum Gasteiger partial charge on any atom is 0.335 e. The van der Waals surface area contributed by atoms with Gasteiger partial charge in [-0.05, 0) is 18.2 Å². The minimum atomic E-state index is -2.39. The highest BCUT2D eigenvalue weighted by Crippen LogP contribution is 2.15. The van der Waals surface area contributed by atoms with Gasteiger partial charge in [0.05, 0.1) is 5.56 Å². The van der Waals surface area contributed by atoms with Crippen molar-refractivity contribution in [2.24, 2.45) is 0 Å². The maximum absolute atomic E-state index is 10.6. The first-order valence-corrected chi connectivity index (χ1v) is 4.72. The first-order valence-electron chi connectivity index (χ1n) is 3.69. The summed E-state index contributed by atoms with van der Waals surface area (Å²) < 4.78 is 22.1. The Morgan fingerprint density at radius 1 is 1.57 bits per heavy atom. The monoisotopic (exact) mass is 214 g/mol. The van der Waals surface area contributed by atoms with Gasteiger partial charge in [-0.15, -0.1) is 0 Å². The topological polar surface area (TPSA) is 80.7 Å². The van der Waals surface area contributed by atoms with Gasteiger partial charge < -0.3 is 14.0 Å². The van der Waals surface area contributed by atoms with Gasteiger partial charge in [0, 0.05) is 24.0 Å². The van der Waals surface area contributed by atoms with E-state index in [0.717, 1.165) is 4.31 Å². The van der Waals surface area contributed by atoms with Gasteiger partial charge in [-0.2, -0.15) is 0 Å². The predicted molar refractivity (Wildman–Crippen MR) is 50.7 cm³/mol. The van der Waals surface area contributed by atoms with Crippen molar-refractivity contribution in [3.8, 4) is 0 Å². The van der Waals surface area contributed by atoms with Crippen LogP contribution in [0.4, 0.5) is 5.69 Å². The lowest BCUT2D eigenvalue weighted by atomic mass is 10.2. The number of rotatable bonds is 3. The third kappa shape index (κ3) is 2.30. The zero-order valence-electron chi connectivity index (χ0n) is 7.34. The summed E-state index contributed by atoms with van der Waals surface area (Å²) in [5.41, 5.74) is 0.373. The van der Waals surface area contributed by atoms with E-state index in [9.17, 15) is 13.6 Å². The minimum absolute atomic E-state index is 0.0554. The van der Waals surface area contributed by atoms with Crippen molar-refractivity contribution in [2.75, 3.05) is 11.4 Å². The van der Waals surface area contributed by atoms with Crippen LogP contribution < -0.4 is 4.31 Å². The Morgan fingerprint density at radius 2 is 2.21 bits per heavy atom. The second-order valence-electron chi connectivity index (χ2n) is 2.57. The number of carboxylic acid groups (broad SMARTS) is 1. The first-order chi connectivity index (χ1) is 6.52. The van der Waals surface area contributed by atoms with Gasteiger partial charge in [-0.25, -0.2) is 4.79 Å². The number of nitrogens with zero attached hydrogens (tertiary/aromatic N) is 1. The summed E-state index contributed by atoms with van der Waals surface area (Å²) in [6.07, 6.45) is 0. The Hall–Kier alpha value is -1.40. The van der Waals surface area contributed by atoms with Crippen molar-refractivity contribution in [3.63, 3.8) is 0 Å². The summed E-state index contributed by atoms with van der Waals surface area (Å²) in [6.45, 7) is 0. The third-order valence-electron chi connectivity index (χ3n) is 1.68. The number of carbonyl (C=O) groups is 1. The fraction of sp³-hybridized carbons (Fsp3) is 0.125. The lowest BCUT2D eigenvalue weighted by Crippen LogP contribution is -2.19. The molecule has 5 nitrogen and oxygen atoms in total. The zero-order valence-corrected chi connectivity index (χ0v) is 8.15. The number of carboxylic acids is 1. The van der Waals surface area contributed by atoms with E-state index in [2.05, 4.69) is 0 Å². The smallest absolute Gasteiger partial charge is 0.335 e. The lowest BCUT2D eigenvalue weighted by Gasteiger charge is -2.21. The Bertz CT molecular complexity index is 379. The standard InChI is InChI=1S/C8H9NO4S/c1-9(14(12)13)7-4-2-3-6(5-7)8(10)11/h2-5H,1H3,(H,10,11)(H,12,13)/p-1. The number of hydrogen-bond donors (Lipinski definition) is 1. The summed E-state index contributed by atoms with van der Waals surface area (Å²) in [7, 11) is 1.34. The van der Waals surface area contributed by atoms with E-state index in [1.165, 1.54) is 31.3 Å². The van der Waals surface area contributed by atoms with E-state index in [4.69, 9.17) is 5.11 Å². The van der Waals surface area contributed by atoms with Crippen LogP contribution in [0.2, 0.25) is 0 Å². The molecule has 0 saturated carbocycles. The van der Waals surface area contributed by atoms with Crippen LogP contribution in [-0.4, -0.2) is 26.9 Å². The minimum Gasteiger partial charge on any atom is -0.755 e. The van der Waals surface area contributed by atoms with Gasteiger partial charge in [0.25, 0.3) is 0 Å². The van der Waals surface area contributed by atoms with Gasteiger partial charge in [0.1, 0.15) is 0 Å². The molecule has 0 aliphatic heterocycles. The van der Waals surface area contributed by atoms with Gasteiger partial charge in [-0.1, -0.05) is 6.07 Å². The van der Waals surface area contributed by atoms with E-state index in [1.54, 1.807) is 0 Å². The van der Waals surface area contributed by atoms with E-state index in [-0.39, 0.29) is 5.56 Å². The zero-order chi connectivity index (χ0) is 10.7. The van der Waals surface area contributed by atoms with Crippen molar-refractivity contribution in [1.29, 1.82) is 0 Å². The van der Waals surface area contributed by atoms with Crippen molar-refractivity contribution < 1.29 is 18.7 Å². The fourth-order valence-corrected chi connectivity index (χ4v) is 1.21. The van der Waals surface area contributed by atoms with Crippen molar-refractivity contribution in [3.05, 3.63) is 29.8 Å². The second-order valence-corrected chi connectivity index (χ2v) is 3.55. The van der Waals surface area contributed by atoms with Gasteiger partial charge in [-0.3, -0.25) is 4.21 Å². The van der Waals surface area contributed by atoms with Gasteiger partial charge >= 0.3 is 5.97 Å². The molecule has 0 spiro atoms. The van der Waals surface area contributed by atoms with Crippen LogP contribution >= 0.6 is 0 Å². The van der Waals surface area contributed by atoms with E-state index >= 15 is 0 Å². The van der Waals surface area contributed by atoms with E-state index in [0.29, 0.717) is 5.69 Å². The highest BCUT2D eigenvalue weighted by atomic mass is 32.2. The molecule has 0 amide bonds. The van der Waals surface area contributed by atoms with E-state index in [1.807, 2.05) is 0 Å². The largest absolute Gasteiger partial charge is 0.755 e. The third-order valence-corrected chi connectivity index (χ3v) is 2.34. The summed E-state index contributed by atoms with van der Waals surface area (Å²) in [5, 5.41) is 8.66. The predicted octanol–water partition coefficient (Wildman–Crippen LogP) is 0.615. The van der Waals surface area contributed by atoms with E-state index < -0.39 is 17.2 Å². The molecule has 1 unspecified atom stereocenters. The molecular weight excluding hydrogens is 206 g/mol. The summed E-state index contributed by atoms with van der Waals surface area (Å²) in [5.74, 6) is -1.09. The molecular formula is C8H8NO4S-. The van der Waals surface area contributed by atoms with Crippen LogP contribution in [0, 0.1) is 0 Å². The summed E-state index contributed by atoms with van der Waals surface area (Å²) in [4.78, 5) is 10.6. The molecule has 76 valence electrons. The molecule has 1 aromatic rings. The fourth-order valence-electron chi connectivity index (χ4n) is 0.921. The molecule has 1 aromatic carbocycles.